The number of hydrogen-bond acceptors (Lipinski definition) is 8. The Bertz CT molecular complexity index is 2400. The molecule has 18 heteroatoms. The van der Waals surface area contributed by atoms with Crippen LogP contribution in [0.2, 0.25) is 10.0 Å². The average molecular weight is 852 g/mol. The number of carbonyl (C=O) groups is 2. The molecule has 4 aromatic carbocycles. The molecule has 0 atom stereocenters. The minimum Gasteiger partial charge on any atom is -0.481 e. The van der Waals surface area contributed by atoms with E-state index in [0.717, 1.165) is 0 Å². The van der Waals surface area contributed by atoms with Crippen LogP contribution in [0.4, 0.5) is 26.3 Å². The first-order chi connectivity index (χ1) is 27.5. The lowest BCUT2D eigenvalue weighted by atomic mass is 9.97. The lowest BCUT2D eigenvalue weighted by Gasteiger charge is -2.18. The van der Waals surface area contributed by atoms with Crippen molar-refractivity contribution in [1.29, 1.82) is 0 Å². The molecule has 6 rings (SSSR count). The molecule has 58 heavy (non-hydrogen) atoms. The summed E-state index contributed by atoms with van der Waals surface area (Å²) < 4.78 is 98.8. The molecule has 0 saturated carbocycles. The lowest BCUT2D eigenvalue weighted by Crippen LogP contribution is -2.12. The van der Waals surface area contributed by atoms with Gasteiger partial charge in [0.2, 0.25) is 5.88 Å². The van der Waals surface area contributed by atoms with Gasteiger partial charge in [0.1, 0.15) is 28.9 Å². The third kappa shape index (κ3) is 10.7. The van der Waals surface area contributed by atoms with Crippen LogP contribution in [0.1, 0.15) is 33.5 Å². The molecule has 0 fully saturated rings. The SMILES string of the molecule is Cc1c(Cc2ccc(F)cc2)c(OC(F)F)nc2c(Cl)ccc(OCC(=O)O)c12.Cc1nc2c(Cl)ccc(OCC(=O)O)c2c(OC(F)F)c1Cc1ccc(F)cc1. The summed E-state index contributed by atoms with van der Waals surface area (Å²) in [6.45, 7) is -4.30. The fraction of sp³-hybridized carbons (Fsp3) is 0.200. The fourth-order valence-electron chi connectivity index (χ4n) is 5.88. The predicted octanol–water partition coefficient (Wildman–Crippen LogP) is 9.98. The summed E-state index contributed by atoms with van der Waals surface area (Å²) in [5.74, 6) is -3.61. The van der Waals surface area contributed by atoms with E-state index in [0.29, 0.717) is 38.9 Å². The summed E-state index contributed by atoms with van der Waals surface area (Å²) in [6, 6.07) is 16.8. The third-order valence-corrected chi connectivity index (χ3v) is 9.01. The Balaban J connectivity index is 0.000000221. The quantitative estimate of drug-likeness (QED) is 0.102. The minimum atomic E-state index is -3.15. The molecule has 2 N–H and O–H groups in total. The molecule has 10 nitrogen and oxygen atoms in total. The summed E-state index contributed by atoms with van der Waals surface area (Å²) >= 11 is 12.4. The van der Waals surface area contributed by atoms with E-state index in [1.165, 1.54) is 72.8 Å². The fourth-order valence-corrected chi connectivity index (χ4v) is 6.27. The number of carboxylic acids is 2. The number of pyridine rings is 2. The number of rotatable bonds is 14. The number of aromatic nitrogens is 2. The zero-order valence-corrected chi connectivity index (χ0v) is 31.7. The highest BCUT2D eigenvalue weighted by Gasteiger charge is 2.24. The van der Waals surface area contributed by atoms with E-state index in [9.17, 15) is 35.9 Å². The van der Waals surface area contributed by atoms with Crippen LogP contribution in [0.3, 0.4) is 0 Å². The first-order valence-electron chi connectivity index (χ1n) is 16.8. The highest BCUT2D eigenvalue weighted by molar-refractivity contribution is 6.36. The number of benzene rings is 4. The van der Waals surface area contributed by atoms with Crippen LogP contribution in [-0.2, 0) is 22.4 Å². The summed E-state index contributed by atoms with van der Waals surface area (Å²) in [6.07, 6.45) is 0.254. The standard InChI is InChI=1S/2C20H15ClF3NO4/c1-10-13(8-11-2-4-12(22)5-3-11)19(29-20(23)24)17-15(28-9-16(26)27)7-6-14(21)18(17)25-10;1-10-13(8-11-2-4-12(22)5-3-11)19(29-20(23)24)25-18-14(21)6-7-15(17(10)18)28-9-16(26)27/h2*2-7,20H,8-9H2,1H3,(H,26,27). The van der Waals surface area contributed by atoms with Crippen molar-refractivity contribution in [1.82, 2.24) is 9.97 Å². The topological polar surface area (TPSA) is 137 Å². The van der Waals surface area contributed by atoms with Gasteiger partial charge in [0.15, 0.2) is 13.2 Å². The number of aliphatic carboxylic acids is 2. The van der Waals surface area contributed by atoms with Gasteiger partial charge in [-0.2, -0.15) is 17.6 Å². The number of halogens is 8. The van der Waals surface area contributed by atoms with Crippen molar-refractivity contribution in [3.63, 3.8) is 0 Å². The smallest absolute Gasteiger partial charge is 0.388 e. The van der Waals surface area contributed by atoms with Gasteiger partial charge in [0, 0.05) is 35.0 Å². The predicted molar refractivity (Wildman–Crippen MR) is 201 cm³/mol. The molecule has 0 amide bonds. The Morgan fingerprint density at radius 2 is 1.09 bits per heavy atom. The average Bonchev–Trinajstić information content (AvgIpc) is 3.15. The molecule has 0 spiro atoms. The molecule has 0 radical (unpaired) electrons. The van der Waals surface area contributed by atoms with Gasteiger partial charge >= 0.3 is 25.2 Å². The van der Waals surface area contributed by atoms with Gasteiger partial charge in [-0.25, -0.2) is 23.4 Å². The van der Waals surface area contributed by atoms with E-state index in [4.69, 9.17) is 47.6 Å². The third-order valence-electron chi connectivity index (χ3n) is 8.40. The number of carboxylic acid groups (broad SMARTS) is 2. The maximum Gasteiger partial charge on any atom is 0.388 e. The highest BCUT2D eigenvalue weighted by atomic mass is 35.5. The molecule has 0 aliphatic heterocycles. The Labute approximate surface area is 335 Å². The monoisotopic (exact) mass is 850 g/mol. The summed E-state index contributed by atoms with van der Waals surface area (Å²) in [5, 5.41) is 18.5. The summed E-state index contributed by atoms with van der Waals surface area (Å²) in [5.41, 5.74) is 3.09. The maximum atomic E-state index is 13.2. The molecule has 0 aliphatic rings. The minimum absolute atomic E-state index is 0.00435. The second-order valence-corrected chi connectivity index (χ2v) is 13.1. The Hall–Kier alpha value is -6.00. The van der Waals surface area contributed by atoms with E-state index < -0.39 is 50.0 Å². The molecule has 304 valence electrons. The molecule has 0 bridgehead atoms. The molecule has 0 aliphatic carbocycles. The van der Waals surface area contributed by atoms with Gasteiger partial charge in [0.05, 0.1) is 26.5 Å². The second-order valence-electron chi connectivity index (χ2n) is 12.3. The Kier molecular flexibility index (Phi) is 14.1. The van der Waals surface area contributed by atoms with Crippen LogP contribution < -0.4 is 18.9 Å². The van der Waals surface area contributed by atoms with Gasteiger partial charge in [0.25, 0.3) is 0 Å². The van der Waals surface area contributed by atoms with Crippen molar-refractivity contribution in [3.05, 3.63) is 128 Å². The molecular weight excluding hydrogens is 821 g/mol. The van der Waals surface area contributed by atoms with Crippen LogP contribution in [0.15, 0.2) is 72.8 Å². The van der Waals surface area contributed by atoms with Crippen LogP contribution in [0.5, 0.6) is 23.1 Å². The zero-order chi connectivity index (χ0) is 42.3. The number of hydrogen-bond donors (Lipinski definition) is 2. The van der Waals surface area contributed by atoms with Crippen LogP contribution in [0, 0.1) is 25.5 Å². The van der Waals surface area contributed by atoms with Crippen molar-refractivity contribution < 1.29 is 65.1 Å². The van der Waals surface area contributed by atoms with Crippen LogP contribution >= 0.6 is 23.2 Å². The molecular formula is C40H30Cl2F6N2O8. The number of ether oxygens (including phenoxy) is 4. The van der Waals surface area contributed by atoms with E-state index >= 15 is 0 Å². The first kappa shape index (κ1) is 43.1. The van der Waals surface area contributed by atoms with Gasteiger partial charge in [-0.15, -0.1) is 0 Å². The van der Waals surface area contributed by atoms with Gasteiger partial charge < -0.3 is 29.2 Å². The van der Waals surface area contributed by atoms with Crippen molar-refractivity contribution in [2.24, 2.45) is 0 Å². The van der Waals surface area contributed by atoms with Crippen LogP contribution in [-0.4, -0.2) is 58.6 Å². The lowest BCUT2D eigenvalue weighted by molar-refractivity contribution is -0.140. The van der Waals surface area contributed by atoms with Crippen molar-refractivity contribution in [2.45, 2.75) is 39.9 Å². The van der Waals surface area contributed by atoms with Crippen molar-refractivity contribution in [3.8, 4) is 23.1 Å². The Morgan fingerprint density at radius 1 is 0.638 bits per heavy atom. The zero-order valence-electron chi connectivity index (χ0n) is 30.2. The van der Waals surface area contributed by atoms with Crippen molar-refractivity contribution in [2.75, 3.05) is 13.2 Å². The van der Waals surface area contributed by atoms with E-state index in [1.54, 1.807) is 13.8 Å². The Morgan fingerprint density at radius 3 is 1.55 bits per heavy atom. The van der Waals surface area contributed by atoms with Crippen molar-refractivity contribution >= 4 is 56.9 Å². The number of nitrogens with zero attached hydrogens (tertiary/aromatic N) is 2. The summed E-state index contributed by atoms with van der Waals surface area (Å²) in [7, 11) is 0. The van der Waals surface area contributed by atoms with E-state index in [-0.39, 0.29) is 62.4 Å². The van der Waals surface area contributed by atoms with E-state index in [2.05, 4.69) is 14.7 Å². The number of aryl methyl sites for hydroxylation is 2. The second kappa shape index (κ2) is 19.0. The van der Waals surface area contributed by atoms with Gasteiger partial charge in [-0.3, -0.25) is 4.98 Å². The van der Waals surface area contributed by atoms with E-state index in [1.807, 2.05) is 0 Å². The highest BCUT2D eigenvalue weighted by Crippen LogP contribution is 2.42. The maximum absolute atomic E-state index is 13.2. The summed E-state index contributed by atoms with van der Waals surface area (Å²) in [4.78, 5) is 30.3. The normalized spacial score (nSPS) is 11.1. The molecule has 0 unspecified atom stereocenters. The van der Waals surface area contributed by atoms with Crippen LogP contribution in [0.25, 0.3) is 21.8 Å². The van der Waals surface area contributed by atoms with Gasteiger partial charge in [-0.1, -0.05) is 47.5 Å². The molecule has 2 aromatic heterocycles. The van der Waals surface area contributed by atoms with Gasteiger partial charge in [-0.05, 0) is 79.1 Å². The molecule has 0 saturated heterocycles. The first-order valence-corrected chi connectivity index (χ1v) is 17.6. The number of alkyl halides is 4. The largest absolute Gasteiger partial charge is 0.481 e. The number of fused-ring (bicyclic) bond motifs is 2. The molecule has 6 aromatic rings. The molecule has 2 heterocycles.